The molecule has 2 rings (SSSR count). The second-order valence-corrected chi connectivity index (χ2v) is 5.45. The fourth-order valence-electron chi connectivity index (χ4n) is 2.89. The molecule has 1 aliphatic heterocycles. The largest absolute Gasteiger partial charge is 0.374 e. The Balaban J connectivity index is 1.90. The number of ether oxygens (including phenoxy) is 1. The van der Waals surface area contributed by atoms with Gasteiger partial charge in [0.05, 0.1) is 12.7 Å². The lowest BCUT2D eigenvalue weighted by Crippen LogP contribution is -2.52. The van der Waals surface area contributed by atoms with Crippen LogP contribution < -0.4 is 5.32 Å². The summed E-state index contributed by atoms with van der Waals surface area (Å²) in [6.45, 7) is 9.44. The monoisotopic (exact) mass is 280 g/mol. The number of morpholine rings is 1. The summed E-state index contributed by atoms with van der Waals surface area (Å²) in [5.41, 5.74) is 1.29. The van der Waals surface area contributed by atoms with E-state index >= 15 is 0 Å². The summed E-state index contributed by atoms with van der Waals surface area (Å²) in [5, 5.41) is 7.83. The van der Waals surface area contributed by atoms with Crippen LogP contribution in [0.3, 0.4) is 0 Å². The topological polar surface area (TPSA) is 42.3 Å². The van der Waals surface area contributed by atoms with Gasteiger partial charge >= 0.3 is 0 Å². The van der Waals surface area contributed by atoms with E-state index in [2.05, 4.69) is 35.2 Å². The van der Waals surface area contributed by atoms with Crippen LogP contribution in [0, 0.1) is 0 Å². The van der Waals surface area contributed by atoms with Gasteiger partial charge in [-0.15, -0.1) is 0 Å². The molecular weight excluding hydrogens is 252 g/mol. The van der Waals surface area contributed by atoms with E-state index in [1.165, 1.54) is 5.69 Å². The van der Waals surface area contributed by atoms with Crippen molar-refractivity contribution in [2.75, 3.05) is 32.8 Å². The molecule has 0 aliphatic carbocycles. The molecule has 1 fully saturated rings. The second-order valence-electron chi connectivity index (χ2n) is 5.45. The number of nitrogens with one attached hydrogen (secondary N) is 1. The first-order valence-electron chi connectivity index (χ1n) is 7.78. The van der Waals surface area contributed by atoms with Gasteiger partial charge in [0.1, 0.15) is 0 Å². The fraction of sp³-hybridized carbons (Fsp3) is 0.800. The van der Waals surface area contributed by atoms with Crippen LogP contribution in [0.2, 0.25) is 0 Å². The lowest BCUT2D eigenvalue weighted by atomic mass is 10.0. The smallest absolute Gasteiger partial charge is 0.0855 e. The van der Waals surface area contributed by atoms with Crippen LogP contribution in [0.25, 0.3) is 0 Å². The Morgan fingerprint density at radius 1 is 1.50 bits per heavy atom. The van der Waals surface area contributed by atoms with E-state index in [0.717, 1.165) is 45.6 Å². The summed E-state index contributed by atoms with van der Waals surface area (Å²) < 4.78 is 7.96. The third-order valence-electron chi connectivity index (χ3n) is 4.17. The summed E-state index contributed by atoms with van der Waals surface area (Å²) in [6, 6.07) is 2.52. The molecule has 0 amide bonds. The highest BCUT2D eigenvalue weighted by Gasteiger charge is 2.26. The van der Waals surface area contributed by atoms with Crippen molar-refractivity contribution in [2.24, 2.45) is 7.05 Å². The minimum atomic E-state index is 0.303. The Morgan fingerprint density at radius 3 is 3.00 bits per heavy atom. The van der Waals surface area contributed by atoms with E-state index in [-0.39, 0.29) is 0 Å². The van der Waals surface area contributed by atoms with Crippen molar-refractivity contribution in [3.63, 3.8) is 0 Å². The summed E-state index contributed by atoms with van der Waals surface area (Å²) in [7, 11) is 2.01. The van der Waals surface area contributed by atoms with Gasteiger partial charge in [0.25, 0.3) is 0 Å². The zero-order chi connectivity index (χ0) is 14.4. The molecule has 1 aliphatic rings. The molecule has 1 aromatic rings. The quantitative estimate of drug-likeness (QED) is 0.811. The third-order valence-corrected chi connectivity index (χ3v) is 4.17. The Kier molecular flexibility index (Phi) is 6.01. The average molecular weight is 280 g/mol. The van der Waals surface area contributed by atoms with Crippen molar-refractivity contribution in [1.29, 1.82) is 0 Å². The van der Waals surface area contributed by atoms with E-state index in [4.69, 9.17) is 4.74 Å². The first kappa shape index (κ1) is 15.5. The number of aryl methyl sites for hydroxylation is 2. The maximum atomic E-state index is 6.00. The molecule has 0 aromatic carbocycles. The molecule has 1 N–H and O–H groups in total. The Hall–Kier alpha value is -0.910. The van der Waals surface area contributed by atoms with Gasteiger partial charge in [-0.2, -0.15) is 5.10 Å². The highest BCUT2D eigenvalue weighted by atomic mass is 16.5. The fourth-order valence-corrected chi connectivity index (χ4v) is 2.89. The molecule has 2 unspecified atom stereocenters. The number of hydrogen-bond acceptors (Lipinski definition) is 4. The summed E-state index contributed by atoms with van der Waals surface area (Å²) in [6.07, 6.45) is 4.31. The van der Waals surface area contributed by atoms with Crippen molar-refractivity contribution in [2.45, 2.75) is 38.8 Å². The zero-order valence-corrected chi connectivity index (χ0v) is 13.0. The van der Waals surface area contributed by atoms with Gasteiger partial charge in [-0.1, -0.05) is 13.8 Å². The number of rotatable bonds is 7. The van der Waals surface area contributed by atoms with Gasteiger partial charge in [0.2, 0.25) is 0 Å². The van der Waals surface area contributed by atoms with Crippen LogP contribution in [0.4, 0.5) is 0 Å². The lowest BCUT2D eigenvalue weighted by molar-refractivity contribution is -0.0459. The highest BCUT2D eigenvalue weighted by Crippen LogP contribution is 2.14. The van der Waals surface area contributed by atoms with Crippen LogP contribution in [0.15, 0.2) is 12.3 Å². The van der Waals surface area contributed by atoms with E-state index in [9.17, 15) is 0 Å². The van der Waals surface area contributed by atoms with Gasteiger partial charge in [-0.25, -0.2) is 0 Å². The van der Waals surface area contributed by atoms with Crippen LogP contribution >= 0.6 is 0 Å². The predicted octanol–water partition coefficient (Wildman–Crippen LogP) is 1.05. The average Bonchev–Trinajstić information content (AvgIpc) is 2.89. The normalized spacial score (nSPS) is 22.1. The predicted molar refractivity (Wildman–Crippen MR) is 80.8 cm³/mol. The van der Waals surface area contributed by atoms with Gasteiger partial charge in [0, 0.05) is 38.1 Å². The molecule has 1 aromatic heterocycles. The molecule has 0 saturated carbocycles. The Morgan fingerprint density at radius 2 is 2.35 bits per heavy atom. The molecule has 5 nitrogen and oxygen atoms in total. The van der Waals surface area contributed by atoms with Crippen LogP contribution in [-0.2, 0) is 18.2 Å². The summed E-state index contributed by atoms with van der Waals surface area (Å²) in [4.78, 5) is 2.47. The van der Waals surface area contributed by atoms with E-state index in [1.54, 1.807) is 0 Å². The molecule has 0 radical (unpaired) electrons. The molecule has 0 spiro atoms. The number of likely N-dealkylation sites (N-methyl/N-ethyl adjacent to an activating group) is 2. The third kappa shape index (κ3) is 4.04. The summed E-state index contributed by atoms with van der Waals surface area (Å²) >= 11 is 0. The first-order chi connectivity index (χ1) is 9.74. The highest BCUT2D eigenvalue weighted by molar-refractivity contribution is 5.01. The summed E-state index contributed by atoms with van der Waals surface area (Å²) in [5.74, 6) is 0. The van der Waals surface area contributed by atoms with Gasteiger partial charge < -0.3 is 10.1 Å². The van der Waals surface area contributed by atoms with E-state index < -0.39 is 0 Å². The standard InChI is InChI=1S/C15H28N4O/c1-4-16-14(7-6-13-8-9-17-18(13)3)15-12-19(5-2)10-11-20-15/h8-9,14-16H,4-7,10-12H2,1-3H3. The second kappa shape index (κ2) is 7.76. The molecule has 1 saturated heterocycles. The molecule has 114 valence electrons. The molecule has 2 atom stereocenters. The number of aromatic nitrogens is 2. The van der Waals surface area contributed by atoms with Gasteiger partial charge in [0.15, 0.2) is 0 Å². The number of nitrogens with zero attached hydrogens (tertiary/aromatic N) is 3. The van der Waals surface area contributed by atoms with Crippen molar-refractivity contribution >= 4 is 0 Å². The van der Waals surface area contributed by atoms with Crippen molar-refractivity contribution < 1.29 is 4.74 Å². The maximum absolute atomic E-state index is 6.00. The van der Waals surface area contributed by atoms with Crippen molar-refractivity contribution in [3.05, 3.63) is 18.0 Å². The Bertz CT molecular complexity index is 393. The lowest BCUT2D eigenvalue weighted by Gasteiger charge is -2.37. The Labute approximate surface area is 122 Å². The van der Waals surface area contributed by atoms with Crippen LogP contribution in [0.1, 0.15) is 26.0 Å². The van der Waals surface area contributed by atoms with Crippen LogP contribution in [0.5, 0.6) is 0 Å². The molecule has 20 heavy (non-hydrogen) atoms. The molecule has 5 heteroatoms. The van der Waals surface area contributed by atoms with Crippen molar-refractivity contribution in [1.82, 2.24) is 20.0 Å². The molecule has 0 bridgehead atoms. The minimum absolute atomic E-state index is 0.303. The van der Waals surface area contributed by atoms with Crippen molar-refractivity contribution in [3.8, 4) is 0 Å². The van der Waals surface area contributed by atoms with Gasteiger partial charge in [-0.3, -0.25) is 9.58 Å². The molecule has 2 heterocycles. The maximum Gasteiger partial charge on any atom is 0.0855 e. The van der Waals surface area contributed by atoms with E-state index in [0.29, 0.717) is 12.1 Å². The minimum Gasteiger partial charge on any atom is -0.374 e. The SMILES string of the molecule is CCNC(CCc1ccnn1C)C1CN(CC)CCO1. The molecular formula is C15H28N4O. The zero-order valence-electron chi connectivity index (χ0n) is 13.0. The first-order valence-corrected chi connectivity index (χ1v) is 7.78. The number of hydrogen-bond donors (Lipinski definition) is 1. The van der Waals surface area contributed by atoms with Crippen LogP contribution in [-0.4, -0.2) is 59.6 Å². The van der Waals surface area contributed by atoms with E-state index in [1.807, 2.05) is 17.9 Å². The van der Waals surface area contributed by atoms with Gasteiger partial charge in [-0.05, 0) is 32.0 Å².